The van der Waals surface area contributed by atoms with Crippen molar-refractivity contribution in [3.05, 3.63) is 57.3 Å². The average Bonchev–Trinajstić information content (AvgIpc) is 3.33. The third kappa shape index (κ3) is 5.19. The van der Waals surface area contributed by atoms with Gasteiger partial charge in [-0.2, -0.15) is 0 Å². The molecule has 0 atom stereocenters. The molecular weight excluding hydrogens is 548 g/mol. The van der Waals surface area contributed by atoms with E-state index in [1.807, 2.05) is 0 Å². The van der Waals surface area contributed by atoms with Gasteiger partial charge < -0.3 is 29.7 Å². The smallest absolute Gasteiger partial charge is 0.358 e. The Kier molecular flexibility index (Phi) is 7.36. The maximum absolute atomic E-state index is 11.5. The van der Waals surface area contributed by atoms with Gasteiger partial charge in [0.25, 0.3) is 0 Å². The summed E-state index contributed by atoms with van der Waals surface area (Å²) in [5, 5.41) is 0. The zero-order chi connectivity index (χ0) is 23.4. The minimum atomic E-state index is -0.443. The zero-order valence-electron chi connectivity index (χ0n) is 17.2. The molecule has 168 valence electrons. The van der Waals surface area contributed by atoms with Gasteiger partial charge >= 0.3 is 11.9 Å². The number of imidazole rings is 2. The number of rotatable bonds is 4. The quantitative estimate of drug-likeness (QED) is 0.356. The van der Waals surface area contributed by atoms with E-state index in [4.69, 9.17) is 20.9 Å². The largest absolute Gasteiger partial charge is 0.461 e. The number of fused-ring (bicyclic) bond motifs is 2. The van der Waals surface area contributed by atoms with Gasteiger partial charge in [-0.3, -0.25) is 0 Å². The zero-order valence-corrected chi connectivity index (χ0v) is 20.4. The summed E-state index contributed by atoms with van der Waals surface area (Å²) >= 11 is 6.63. The summed E-state index contributed by atoms with van der Waals surface area (Å²) in [7, 11) is 0. The minimum absolute atomic E-state index is 0.256. The highest BCUT2D eigenvalue weighted by Gasteiger charge is 2.14. The van der Waals surface area contributed by atoms with Crippen molar-refractivity contribution in [3.63, 3.8) is 0 Å². The molecule has 10 nitrogen and oxygen atoms in total. The molecule has 0 saturated carbocycles. The van der Waals surface area contributed by atoms with E-state index in [-0.39, 0.29) is 11.4 Å². The Morgan fingerprint density at radius 1 is 0.812 bits per heavy atom. The van der Waals surface area contributed by atoms with Gasteiger partial charge in [-0.05, 0) is 57.8 Å². The number of pyridine rings is 2. The normalized spacial score (nSPS) is 10.6. The first kappa shape index (κ1) is 23.5. The van der Waals surface area contributed by atoms with E-state index < -0.39 is 11.9 Å². The van der Waals surface area contributed by atoms with Gasteiger partial charge in [0.05, 0.1) is 24.6 Å². The monoisotopic (exact) mass is 566 g/mol. The summed E-state index contributed by atoms with van der Waals surface area (Å²) in [5.41, 5.74) is 14.2. The number of ether oxygens (including phenoxy) is 2. The van der Waals surface area contributed by atoms with Gasteiger partial charge in [-0.1, -0.05) is 0 Å². The van der Waals surface area contributed by atoms with Crippen molar-refractivity contribution in [2.24, 2.45) is 0 Å². The maximum atomic E-state index is 11.5. The molecule has 0 unspecified atom stereocenters. The van der Waals surface area contributed by atoms with E-state index in [1.54, 1.807) is 59.6 Å². The molecule has 0 radical (unpaired) electrons. The van der Waals surface area contributed by atoms with Crippen molar-refractivity contribution in [3.8, 4) is 0 Å². The van der Waals surface area contributed by atoms with E-state index >= 15 is 0 Å². The first-order valence-corrected chi connectivity index (χ1v) is 11.0. The van der Waals surface area contributed by atoms with Crippen LogP contribution in [0.15, 0.2) is 45.9 Å². The Labute approximate surface area is 199 Å². The van der Waals surface area contributed by atoms with Crippen LogP contribution in [-0.4, -0.2) is 43.9 Å². The highest BCUT2D eigenvalue weighted by molar-refractivity contribution is 9.10. The Hall–Kier alpha value is -3.12. The molecule has 0 aliphatic carbocycles. The van der Waals surface area contributed by atoms with Crippen LogP contribution in [0.3, 0.4) is 0 Å². The molecule has 0 aliphatic rings. The van der Waals surface area contributed by atoms with E-state index in [1.165, 1.54) is 0 Å². The van der Waals surface area contributed by atoms with Gasteiger partial charge in [0, 0.05) is 33.7 Å². The van der Waals surface area contributed by atoms with Gasteiger partial charge in [0.2, 0.25) is 0 Å². The molecule has 0 fully saturated rings. The summed E-state index contributed by atoms with van der Waals surface area (Å²) in [4.78, 5) is 31.1. The van der Waals surface area contributed by atoms with Gasteiger partial charge in [0.1, 0.15) is 0 Å². The topological polar surface area (TPSA) is 139 Å². The molecular formula is C20H20Br2N6O4. The van der Waals surface area contributed by atoms with Crippen molar-refractivity contribution >= 4 is 66.5 Å². The SMILES string of the molecule is CCOC(=O)c1cn2cc(Br)cc(N)c2n1.CCOC(=O)c1cn2cc(Br)cc(N)c2n1. The predicted molar refractivity (Wildman–Crippen MR) is 127 cm³/mol. The summed E-state index contributed by atoms with van der Waals surface area (Å²) in [5.74, 6) is -0.886. The summed E-state index contributed by atoms with van der Waals surface area (Å²) < 4.78 is 14.7. The minimum Gasteiger partial charge on any atom is -0.461 e. The van der Waals surface area contributed by atoms with Crippen LogP contribution in [0.2, 0.25) is 0 Å². The maximum Gasteiger partial charge on any atom is 0.358 e. The molecule has 0 saturated heterocycles. The van der Waals surface area contributed by atoms with Gasteiger partial charge in [0.15, 0.2) is 22.7 Å². The molecule has 4 aromatic heterocycles. The highest BCUT2D eigenvalue weighted by Crippen LogP contribution is 2.21. The van der Waals surface area contributed by atoms with Crippen molar-refractivity contribution in [2.45, 2.75) is 13.8 Å². The molecule has 0 spiro atoms. The lowest BCUT2D eigenvalue weighted by Gasteiger charge is -1.97. The van der Waals surface area contributed by atoms with Crippen LogP contribution in [-0.2, 0) is 9.47 Å². The first-order valence-electron chi connectivity index (χ1n) is 9.45. The predicted octanol–water partition coefficient (Wildman–Crippen LogP) is 3.71. The van der Waals surface area contributed by atoms with Crippen LogP contribution >= 0.6 is 31.9 Å². The first-order chi connectivity index (χ1) is 15.2. The molecule has 4 N–H and O–H groups in total. The van der Waals surface area contributed by atoms with Crippen LogP contribution in [0, 0.1) is 0 Å². The number of hydrogen-bond donors (Lipinski definition) is 2. The average molecular weight is 568 g/mol. The second kappa shape index (κ2) is 10.0. The molecule has 4 aromatic rings. The number of carbonyl (C=O) groups is 2. The Morgan fingerprint density at radius 3 is 1.53 bits per heavy atom. The summed E-state index contributed by atoms with van der Waals surface area (Å²) in [6, 6.07) is 3.47. The van der Waals surface area contributed by atoms with Crippen LogP contribution in [0.1, 0.15) is 34.8 Å². The van der Waals surface area contributed by atoms with E-state index in [2.05, 4.69) is 41.8 Å². The lowest BCUT2D eigenvalue weighted by atomic mass is 10.4. The van der Waals surface area contributed by atoms with Crippen molar-refractivity contribution in [1.29, 1.82) is 0 Å². The fourth-order valence-corrected chi connectivity index (χ4v) is 3.72. The van der Waals surface area contributed by atoms with Crippen molar-refractivity contribution < 1.29 is 19.1 Å². The van der Waals surface area contributed by atoms with Crippen LogP contribution in [0.5, 0.6) is 0 Å². The second-order valence-electron chi connectivity index (χ2n) is 6.38. The number of nitrogens with zero attached hydrogens (tertiary/aromatic N) is 4. The Bertz CT molecular complexity index is 1200. The molecule has 0 amide bonds. The lowest BCUT2D eigenvalue weighted by Crippen LogP contribution is -2.04. The van der Waals surface area contributed by atoms with Crippen molar-refractivity contribution in [2.75, 3.05) is 24.7 Å². The Balaban J connectivity index is 0.000000181. The number of nitrogen functional groups attached to an aromatic ring is 2. The fourth-order valence-electron chi connectivity index (χ4n) is 2.78. The lowest BCUT2D eigenvalue weighted by molar-refractivity contribution is 0.0511. The summed E-state index contributed by atoms with van der Waals surface area (Å²) in [6.45, 7) is 4.15. The van der Waals surface area contributed by atoms with Crippen molar-refractivity contribution in [1.82, 2.24) is 18.8 Å². The molecule has 32 heavy (non-hydrogen) atoms. The number of aromatic nitrogens is 4. The molecule has 12 heteroatoms. The molecule has 4 heterocycles. The number of esters is 2. The Morgan fingerprint density at radius 2 is 1.19 bits per heavy atom. The molecule has 4 rings (SSSR count). The van der Waals surface area contributed by atoms with Gasteiger partial charge in [-0.15, -0.1) is 0 Å². The third-order valence-corrected chi connectivity index (χ3v) is 4.93. The van der Waals surface area contributed by atoms with E-state index in [0.717, 1.165) is 8.95 Å². The number of anilines is 2. The third-order valence-electron chi connectivity index (χ3n) is 4.06. The second-order valence-corrected chi connectivity index (χ2v) is 8.21. The van der Waals surface area contributed by atoms with Crippen LogP contribution in [0.4, 0.5) is 11.4 Å². The van der Waals surface area contributed by atoms with E-state index in [0.29, 0.717) is 35.9 Å². The molecule has 0 bridgehead atoms. The van der Waals surface area contributed by atoms with Crippen LogP contribution in [0.25, 0.3) is 11.3 Å². The molecule has 0 aromatic carbocycles. The van der Waals surface area contributed by atoms with Gasteiger partial charge in [-0.25, -0.2) is 19.6 Å². The molecule has 0 aliphatic heterocycles. The number of halogens is 2. The van der Waals surface area contributed by atoms with Crippen LogP contribution < -0.4 is 11.5 Å². The van der Waals surface area contributed by atoms with E-state index in [9.17, 15) is 9.59 Å². The number of hydrogen-bond acceptors (Lipinski definition) is 8. The standard InChI is InChI=1S/2C10H10BrN3O2/c2*1-2-16-10(15)8-5-14-4-6(11)3-7(12)9(14)13-8/h2*3-5H,2,12H2,1H3. The summed E-state index contributed by atoms with van der Waals surface area (Å²) in [6.07, 6.45) is 6.74. The highest BCUT2D eigenvalue weighted by atomic mass is 79.9. The number of carbonyl (C=O) groups excluding carboxylic acids is 2. The fraction of sp³-hybridized carbons (Fsp3) is 0.200. The number of nitrogens with two attached hydrogens (primary N) is 2.